The van der Waals surface area contributed by atoms with Crippen molar-refractivity contribution in [2.45, 2.75) is 19.5 Å². The number of halogens is 2. The topological polar surface area (TPSA) is 26.3 Å². The van der Waals surface area contributed by atoms with E-state index in [4.69, 9.17) is 0 Å². The van der Waals surface area contributed by atoms with Gasteiger partial charge in [0.15, 0.2) is 0 Å². The molecule has 0 aromatic heterocycles. The first-order chi connectivity index (χ1) is 6.98. The number of rotatable bonds is 3. The molecule has 0 aliphatic rings. The van der Waals surface area contributed by atoms with Crippen LogP contribution in [0.1, 0.15) is 19.4 Å². The Hall–Kier alpha value is -0.900. The molecule has 82 valence electrons. The Morgan fingerprint density at radius 3 is 2.80 bits per heavy atom. The number of benzene rings is 1. The van der Waals surface area contributed by atoms with E-state index in [1.807, 2.05) is 0 Å². The molecule has 1 atom stereocenters. The summed E-state index contributed by atoms with van der Waals surface area (Å²) in [5, 5.41) is 0. The van der Waals surface area contributed by atoms with Crippen LogP contribution in [0.4, 0.5) is 4.39 Å². The van der Waals surface area contributed by atoms with Crippen LogP contribution in [0.3, 0.4) is 0 Å². The molecule has 1 aromatic rings. The van der Waals surface area contributed by atoms with Gasteiger partial charge in [-0.25, -0.2) is 9.18 Å². The Balaban J connectivity index is 2.99. The molecule has 0 spiro atoms. The van der Waals surface area contributed by atoms with E-state index in [1.54, 1.807) is 31.2 Å². The molecule has 0 aliphatic carbocycles. The maximum Gasteiger partial charge on any atom is 0.348 e. The fourth-order valence-electron chi connectivity index (χ4n) is 1.16. The molecule has 2 nitrogen and oxygen atoms in total. The highest BCUT2D eigenvalue weighted by Crippen LogP contribution is 2.28. The molecule has 1 aromatic carbocycles. The first-order valence-corrected chi connectivity index (χ1v) is 5.40. The third-order valence-electron chi connectivity index (χ3n) is 2.03. The molecule has 15 heavy (non-hydrogen) atoms. The maximum absolute atomic E-state index is 14.1. The van der Waals surface area contributed by atoms with E-state index in [0.717, 1.165) is 4.47 Å². The molecule has 0 N–H and O–H groups in total. The predicted octanol–water partition coefficient (Wildman–Crippen LogP) is 3.20. The van der Waals surface area contributed by atoms with Crippen LogP contribution < -0.4 is 0 Å². The summed E-state index contributed by atoms with van der Waals surface area (Å²) in [6.45, 7) is 3.02. The Labute approximate surface area is 96.6 Å². The molecular formula is C11H12BrFO2. The van der Waals surface area contributed by atoms with Crippen molar-refractivity contribution in [3.05, 3.63) is 34.3 Å². The zero-order valence-corrected chi connectivity index (χ0v) is 10.2. The first kappa shape index (κ1) is 12.2. The molecule has 4 heteroatoms. The van der Waals surface area contributed by atoms with E-state index in [2.05, 4.69) is 20.7 Å². The third kappa shape index (κ3) is 2.78. The van der Waals surface area contributed by atoms with Crippen LogP contribution in [0.25, 0.3) is 0 Å². The zero-order chi connectivity index (χ0) is 11.5. The minimum atomic E-state index is -2.10. The molecule has 0 amide bonds. The molecule has 0 saturated heterocycles. The van der Waals surface area contributed by atoms with Crippen molar-refractivity contribution in [2.24, 2.45) is 0 Å². The summed E-state index contributed by atoms with van der Waals surface area (Å²) in [6, 6.07) is 6.57. The van der Waals surface area contributed by atoms with Gasteiger partial charge >= 0.3 is 5.97 Å². The molecule has 1 unspecified atom stereocenters. The average molecular weight is 275 g/mol. The van der Waals surface area contributed by atoms with Crippen molar-refractivity contribution in [3.8, 4) is 0 Å². The molecule has 0 heterocycles. The van der Waals surface area contributed by atoms with Gasteiger partial charge in [0, 0.05) is 10.0 Å². The average Bonchev–Trinajstić information content (AvgIpc) is 2.18. The highest BCUT2D eigenvalue weighted by atomic mass is 79.9. The van der Waals surface area contributed by atoms with Crippen molar-refractivity contribution in [1.82, 2.24) is 0 Å². The van der Waals surface area contributed by atoms with E-state index in [1.165, 1.54) is 6.92 Å². The fourth-order valence-corrected chi connectivity index (χ4v) is 1.56. The Morgan fingerprint density at radius 1 is 1.60 bits per heavy atom. The Kier molecular flexibility index (Phi) is 3.85. The van der Waals surface area contributed by atoms with E-state index < -0.39 is 11.6 Å². The van der Waals surface area contributed by atoms with Gasteiger partial charge in [0.2, 0.25) is 5.67 Å². The highest BCUT2D eigenvalue weighted by Gasteiger charge is 2.36. The van der Waals surface area contributed by atoms with Gasteiger partial charge in [-0.3, -0.25) is 0 Å². The molecule has 0 bridgehead atoms. The van der Waals surface area contributed by atoms with Crippen LogP contribution in [0.5, 0.6) is 0 Å². The van der Waals surface area contributed by atoms with Crippen LogP contribution in [-0.2, 0) is 15.2 Å². The normalized spacial score (nSPS) is 14.4. The minimum absolute atomic E-state index is 0.173. The number of carbonyl (C=O) groups is 1. The molecular weight excluding hydrogens is 263 g/mol. The summed E-state index contributed by atoms with van der Waals surface area (Å²) in [7, 11) is 0. The fraction of sp³-hybridized carbons (Fsp3) is 0.364. The first-order valence-electron chi connectivity index (χ1n) is 4.60. The number of ether oxygens (including phenoxy) is 1. The van der Waals surface area contributed by atoms with Gasteiger partial charge in [-0.1, -0.05) is 28.1 Å². The van der Waals surface area contributed by atoms with Crippen molar-refractivity contribution in [1.29, 1.82) is 0 Å². The van der Waals surface area contributed by atoms with Gasteiger partial charge < -0.3 is 4.74 Å². The summed E-state index contributed by atoms with van der Waals surface area (Å²) in [5.74, 6) is -0.858. The van der Waals surface area contributed by atoms with Gasteiger partial charge in [-0.2, -0.15) is 0 Å². The van der Waals surface area contributed by atoms with Gasteiger partial charge in [0.1, 0.15) is 0 Å². The summed E-state index contributed by atoms with van der Waals surface area (Å²) in [5.41, 5.74) is -1.81. The van der Waals surface area contributed by atoms with Gasteiger partial charge in [-0.05, 0) is 26.0 Å². The van der Waals surface area contributed by atoms with Crippen LogP contribution in [0.15, 0.2) is 28.7 Å². The van der Waals surface area contributed by atoms with E-state index in [9.17, 15) is 9.18 Å². The second-order valence-corrected chi connectivity index (χ2v) is 4.15. The van der Waals surface area contributed by atoms with Crippen molar-refractivity contribution in [2.75, 3.05) is 6.61 Å². The van der Waals surface area contributed by atoms with Gasteiger partial charge in [0.05, 0.1) is 6.61 Å². The molecule has 1 rings (SSSR count). The Bertz CT molecular complexity index is 363. The number of hydrogen-bond donors (Lipinski definition) is 0. The third-order valence-corrected chi connectivity index (χ3v) is 2.52. The molecule has 0 aliphatic heterocycles. The van der Waals surface area contributed by atoms with Crippen molar-refractivity contribution in [3.63, 3.8) is 0 Å². The number of alkyl halides is 1. The number of hydrogen-bond acceptors (Lipinski definition) is 2. The van der Waals surface area contributed by atoms with Crippen LogP contribution >= 0.6 is 15.9 Å². The second-order valence-electron chi connectivity index (χ2n) is 3.23. The van der Waals surface area contributed by atoms with Crippen LogP contribution in [0, 0.1) is 0 Å². The maximum atomic E-state index is 14.1. The van der Waals surface area contributed by atoms with Crippen LogP contribution in [0.2, 0.25) is 0 Å². The lowest BCUT2D eigenvalue weighted by Gasteiger charge is -2.18. The predicted molar refractivity (Wildman–Crippen MR) is 59.2 cm³/mol. The lowest BCUT2D eigenvalue weighted by Crippen LogP contribution is -2.29. The summed E-state index contributed by atoms with van der Waals surface area (Å²) >= 11 is 3.22. The standard InChI is InChI=1S/C11H12BrFO2/c1-3-15-10(14)11(2,13)8-5-4-6-9(12)7-8/h4-7H,3H2,1-2H3. The summed E-state index contributed by atoms with van der Waals surface area (Å²) in [4.78, 5) is 11.4. The van der Waals surface area contributed by atoms with E-state index in [0.29, 0.717) is 0 Å². The smallest absolute Gasteiger partial charge is 0.348 e. The van der Waals surface area contributed by atoms with Gasteiger partial charge in [-0.15, -0.1) is 0 Å². The largest absolute Gasteiger partial charge is 0.463 e. The quantitative estimate of drug-likeness (QED) is 0.792. The van der Waals surface area contributed by atoms with Crippen LogP contribution in [-0.4, -0.2) is 12.6 Å². The molecule has 0 fully saturated rings. The SMILES string of the molecule is CCOC(=O)C(C)(F)c1cccc(Br)c1. The minimum Gasteiger partial charge on any atom is -0.463 e. The summed E-state index contributed by atoms with van der Waals surface area (Å²) in [6.07, 6.45) is 0. The molecule has 0 saturated carbocycles. The molecule has 0 radical (unpaired) electrons. The lowest BCUT2D eigenvalue weighted by atomic mass is 9.98. The van der Waals surface area contributed by atoms with E-state index >= 15 is 0 Å². The highest BCUT2D eigenvalue weighted by molar-refractivity contribution is 9.10. The zero-order valence-electron chi connectivity index (χ0n) is 8.59. The van der Waals surface area contributed by atoms with Gasteiger partial charge in [0.25, 0.3) is 0 Å². The van der Waals surface area contributed by atoms with Crippen molar-refractivity contribution < 1.29 is 13.9 Å². The van der Waals surface area contributed by atoms with E-state index in [-0.39, 0.29) is 12.2 Å². The Morgan fingerprint density at radius 2 is 2.27 bits per heavy atom. The number of carbonyl (C=O) groups excluding carboxylic acids is 1. The lowest BCUT2D eigenvalue weighted by molar-refractivity contribution is -0.156. The second kappa shape index (κ2) is 4.75. The number of esters is 1. The summed E-state index contributed by atoms with van der Waals surface area (Å²) < 4.78 is 19.5. The monoisotopic (exact) mass is 274 g/mol. The van der Waals surface area contributed by atoms with Crippen molar-refractivity contribution >= 4 is 21.9 Å².